The van der Waals surface area contributed by atoms with Gasteiger partial charge in [0.2, 0.25) is 5.91 Å². The Morgan fingerprint density at radius 2 is 2.00 bits per heavy atom. The Morgan fingerprint density at radius 1 is 1.19 bits per heavy atom. The van der Waals surface area contributed by atoms with E-state index in [1.165, 1.54) is 5.56 Å². The van der Waals surface area contributed by atoms with Crippen molar-refractivity contribution >= 4 is 52.9 Å². The molecule has 2 aromatic rings. The molecular weight excluding hydrogens is 471 g/mol. The van der Waals surface area contributed by atoms with Gasteiger partial charge in [0.1, 0.15) is 0 Å². The molecular formula is C20H29IN4OS. The Labute approximate surface area is 183 Å². The minimum absolute atomic E-state index is 0. The Morgan fingerprint density at radius 3 is 2.67 bits per heavy atom. The van der Waals surface area contributed by atoms with Crippen LogP contribution in [0.5, 0.6) is 0 Å². The molecule has 0 saturated heterocycles. The van der Waals surface area contributed by atoms with Crippen LogP contribution in [-0.4, -0.2) is 18.4 Å². The van der Waals surface area contributed by atoms with E-state index in [0.717, 1.165) is 23.8 Å². The second-order valence-electron chi connectivity index (χ2n) is 6.53. The molecule has 0 fully saturated rings. The van der Waals surface area contributed by atoms with Gasteiger partial charge < -0.3 is 16.0 Å². The summed E-state index contributed by atoms with van der Waals surface area (Å²) in [6, 6.07) is 9.98. The maximum absolute atomic E-state index is 11.9. The standard InChI is InChI=1S/C20H28N4OS.HI/c1-4-21-20(23-13-17-8-9-26-14-17)22-12-16-6-5-7-18(11-16)24-19(25)10-15(2)3;/h5-9,11,14-15H,4,10,12-13H2,1-3H3,(H,24,25)(H2,21,22,23);1H. The third-order valence-electron chi connectivity index (χ3n) is 3.61. The summed E-state index contributed by atoms with van der Waals surface area (Å²) in [5.74, 6) is 1.19. The second-order valence-corrected chi connectivity index (χ2v) is 7.31. The third-order valence-corrected chi connectivity index (χ3v) is 4.34. The van der Waals surface area contributed by atoms with Gasteiger partial charge in [0.25, 0.3) is 0 Å². The highest BCUT2D eigenvalue weighted by molar-refractivity contribution is 14.0. The van der Waals surface area contributed by atoms with Gasteiger partial charge in [0.05, 0.1) is 6.54 Å². The van der Waals surface area contributed by atoms with Crippen LogP contribution < -0.4 is 16.0 Å². The van der Waals surface area contributed by atoms with Gasteiger partial charge in [0.15, 0.2) is 5.96 Å². The number of anilines is 1. The van der Waals surface area contributed by atoms with Crippen molar-refractivity contribution in [2.24, 2.45) is 10.9 Å². The number of carbonyl (C=O) groups is 1. The number of nitrogens with zero attached hydrogens (tertiary/aromatic N) is 1. The van der Waals surface area contributed by atoms with Gasteiger partial charge in [-0.3, -0.25) is 4.79 Å². The normalized spacial score (nSPS) is 11.0. The Kier molecular flexibility index (Phi) is 11.0. The van der Waals surface area contributed by atoms with Gasteiger partial charge in [-0.25, -0.2) is 4.99 Å². The fraction of sp³-hybridized carbons (Fsp3) is 0.400. The van der Waals surface area contributed by atoms with Crippen LogP contribution in [0.3, 0.4) is 0 Å². The lowest BCUT2D eigenvalue weighted by Gasteiger charge is -2.12. The topological polar surface area (TPSA) is 65.5 Å². The second kappa shape index (κ2) is 12.7. The summed E-state index contributed by atoms with van der Waals surface area (Å²) >= 11 is 1.68. The van der Waals surface area contributed by atoms with Gasteiger partial charge in [-0.05, 0) is 52.9 Å². The molecule has 1 amide bonds. The van der Waals surface area contributed by atoms with E-state index in [0.29, 0.717) is 25.4 Å². The zero-order valence-corrected chi connectivity index (χ0v) is 19.3. The van der Waals surface area contributed by atoms with Crippen LogP contribution in [0.4, 0.5) is 5.69 Å². The van der Waals surface area contributed by atoms with E-state index in [-0.39, 0.29) is 29.9 Å². The smallest absolute Gasteiger partial charge is 0.224 e. The first-order chi connectivity index (χ1) is 12.6. The number of hydrogen-bond donors (Lipinski definition) is 3. The number of amides is 1. The highest BCUT2D eigenvalue weighted by Gasteiger charge is 2.06. The van der Waals surface area contributed by atoms with Crippen LogP contribution in [0.15, 0.2) is 46.1 Å². The molecule has 148 valence electrons. The van der Waals surface area contributed by atoms with Crippen molar-refractivity contribution in [3.8, 4) is 0 Å². The first kappa shape index (κ1) is 23.4. The minimum atomic E-state index is 0. The Balaban J connectivity index is 0.00000364. The highest BCUT2D eigenvalue weighted by atomic mass is 127. The summed E-state index contributed by atoms with van der Waals surface area (Å²) in [4.78, 5) is 16.5. The van der Waals surface area contributed by atoms with Crippen molar-refractivity contribution in [2.45, 2.75) is 40.3 Å². The first-order valence-corrected chi connectivity index (χ1v) is 9.93. The van der Waals surface area contributed by atoms with Crippen molar-refractivity contribution in [2.75, 3.05) is 11.9 Å². The highest BCUT2D eigenvalue weighted by Crippen LogP contribution is 2.12. The van der Waals surface area contributed by atoms with Gasteiger partial charge in [0, 0.05) is 25.2 Å². The monoisotopic (exact) mass is 500 g/mol. The number of hydrogen-bond acceptors (Lipinski definition) is 3. The zero-order valence-electron chi connectivity index (χ0n) is 16.1. The summed E-state index contributed by atoms with van der Waals surface area (Å²) in [6.07, 6.45) is 0.530. The predicted molar refractivity (Wildman–Crippen MR) is 126 cm³/mol. The molecule has 1 heterocycles. The number of guanidine groups is 1. The van der Waals surface area contributed by atoms with Crippen molar-refractivity contribution in [3.05, 3.63) is 52.2 Å². The van der Waals surface area contributed by atoms with E-state index in [2.05, 4.69) is 37.8 Å². The molecule has 1 aromatic carbocycles. The third kappa shape index (κ3) is 9.23. The van der Waals surface area contributed by atoms with E-state index < -0.39 is 0 Å². The van der Waals surface area contributed by atoms with Crippen LogP contribution in [0, 0.1) is 5.92 Å². The fourth-order valence-electron chi connectivity index (χ4n) is 2.42. The molecule has 7 heteroatoms. The van der Waals surface area contributed by atoms with Gasteiger partial charge >= 0.3 is 0 Å². The number of benzene rings is 1. The van der Waals surface area contributed by atoms with E-state index in [1.807, 2.05) is 45.0 Å². The van der Waals surface area contributed by atoms with Gasteiger partial charge in [-0.2, -0.15) is 11.3 Å². The quantitative estimate of drug-likeness (QED) is 0.282. The van der Waals surface area contributed by atoms with Crippen LogP contribution in [0.1, 0.15) is 38.3 Å². The summed E-state index contributed by atoms with van der Waals surface area (Å²) in [7, 11) is 0. The summed E-state index contributed by atoms with van der Waals surface area (Å²) in [6.45, 7) is 8.23. The largest absolute Gasteiger partial charge is 0.357 e. The summed E-state index contributed by atoms with van der Waals surface area (Å²) < 4.78 is 0. The SMILES string of the molecule is CCNC(=NCc1ccsc1)NCc1cccc(NC(=O)CC(C)C)c1.I. The molecule has 0 aliphatic carbocycles. The zero-order chi connectivity index (χ0) is 18.8. The molecule has 0 bridgehead atoms. The van der Waals surface area contributed by atoms with E-state index >= 15 is 0 Å². The minimum Gasteiger partial charge on any atom is -0.357 e. The summed E-state index contributed by atoms with van der Waals surface area (Å²) in [5, 5.41) is 13.7. The number of thiophene rings is 1. The predicted octanol–water partition coefficient (Wildman–Crippen LogP) is 4.61. The van der Waals surface area contributed by atoms with Crippen molar-refractivity contribution in [1.82, 2.24) is 10.6 Å². The number of nitrogens with one attached hydrogen (secondary N) is 3. The molecule has 0 unspecified atom stereocenters. The lowest BCUT2D eigenvalue weighted by atomic mass is 10.1. The fourth-order valence-corrected chi connectivity index (χ4v) is 3.08. The van der Waals surface area contributed by atoms with E-state index in [1.54, 1.807) is 11.3 Å². The van der Waals surface area contributed by atoms with Crippen LogP contribution >= 0.6 is 35.3 Å². The molecule has 5 nitrogen and oxygen atoms in total. The van der Waals surface area contributed by atoms with Crippen molar-refractivity contribution in [1.29, 1.82) is 0 Å². The van der Waals surface area contributed by atoms with Crippen LogP contribution in [-0.2, 0) is 17.9 Å². The Hall–Kier alpha value is -1.61. The number of aliphatic imine (C=N–C) groups is 1. The molecule has 0 radical (unpaired) electrons. The maximum atomic E-state index is 11.9. The van der Waals surface area contributed by atoms with Crippen LogP contribution in [0.2, 0.25) is 0 Å². The van der Waals surface area contributed by atoms with Gasteiger partial charge in [-0.1, -0.05) is 26.0 Å². The molecule has 1 aromatic heterocycles. The average molecular weight is 500 g/mol. The maximum Gasteiger partial charge on any atom is 0.224 e. The summed E-state index contributed by atoms with van der Waals surface area (Å²) in [5.41, 5.74) is 3.13. The number of halogens is 1. The molecule has 0 saturated carbocycles. The van der Waals surface area contributed by atoms with Crippen molar-refractivity contribution < 1.29 is 4.79 Å². The van der Waals surface area contributed by atoms with Crippen LogP contribution in [0.25, 0.3) is 0 Å². The molecule has 0 spiro atoms. The number of carbonyl (C=O) groups excluding carboxylic acids is 1. The van der Waals surface area contributed by atoms with E-state index in [4.69, 9.17) is 0 Å². The molecule has 3 N–H and O–H groups in total. The lowest BCUT2D eigenvalue weighted by molar-refractivity contribution is -0.116. The van der Waals surface area contributed by atoms with Gasteiger partial charge in [-0.15, -0.1) is 24.0 Å². The molecule has 0 aliphatic heterocycles. The lowest BCUT2D eigenvalue weighted by Crippen LogP contribution is -2.36. The molecule has 2 rings (SSSR count). The van der Waals surface area contributed by atoms with Crippen molar-refractivity contribution in [3.63, 3.8) is 0 Å². The molecule has 27 heavy (non-hydrogen) atoms. The number of rotatable bonds is 8. The average Bonchev–Trinajstić information content (AvgIpc) is 3.10. The first-order valence-electron chi connectivity index (χ1n) is 8.99. The molecule has 0 aliphatic rings. The molecule has 0 atom stereocenters. The van der Waals surface area contributed by atoms with E-state index in [9.17, 15) is 4.79 Å². The Bertz CT molecular complexity index is 717.